The molecule has 2 heterocycles. The van der Waals surface area contributed by atoms with Crippen LogP contribution in [-0.2, 0) is 6.54 Å². The summed E-state index contributed by atoms with van der Waals surface area (Å²) in [6.45, 7) is 0.544. The van der Waals surface area contributed by atoms with Gasteiger partial charge in [0, 0.05) is 29.5 Å². The first-order valence-corrected chi connectivity index (χ1v) is 11.3. The predicted octanol–water partition coefficient (Wildman–Crippen LogP) is 4.08. The molecule has 0 unspecified atom stereocenters. The van der Waals surface area contributed by atoms with E-state index in [4.69, 9.17) is 5.73 Å². The maximum absolute atomic E-state index is 13.0. The van der Waals surface area contributed by atoms with E-state index in [-0.39, 0.29) is 17.3 Å². The quantitative estimate of drug-likeness (QED) is 0.265. The first-order chi connectivity index (χ1) is 16.5. The number of benzene rings is 2. The van der Waals surface area contributed by atoms with Crippen molar-refractivity contribution < 1.29 is 4.79 Å². The molecule has 168 valence electrons. The van der Waals surface area contributed by atoms with Crippen molar-refractivity contribution in [2.45, 2.75) is 6.54 Å². The number of amides is 1. The van der Waals surface area contributed by atoms with Crippen LogP contribution in [0.4, 0.5) is 28.4 Å². The number of hydrogen-bond acceptors (Lipinski definition) is 8. The summed E-state index contributed by atoms with van der Waals surface area (Å²) in [4.78, 5) is 40.8. The Morgan fingerprint density at radius 3 is 2.65 bits per heavy atom. The van der Waals surface area contributed by atoms with Gasteiger partial charge in [-0.2, -0.15) is 0 Å². The Balaban J connectivity index is 1.29. The monoisotopic (exact) mass is 469 g/mol. The minimum atomic E-state index is -0.690. The molecule has 3 aromatic carbocycles. The van der Waals surface area contributed by atoms with Crippen molar-refractivity contribution in [2.24, 2.45) is 0 Å². The number of nitrogens with zero attached hydrogens (tertiary/aromatic N) is 1. The zero-order valence-corrected chi connectivity index (χ0v) is 18.6. The number of carbonyl (C=O) groups excluding carboxylic acids is 1. The summed E-state index contributed by atoms with van der Waals surface area (Å²) in [5, 5.41) is 12.0. The van der Waals surface area contributed by atoms with Gasteiger partial charge >= 0.3 is 0 Å². The standard InChI is InChI=1S/C25H19N5O3S/c26-20-21(23(32)22(20)31)29-15-4-3-5-16(12-15)30-25(33)24-19(9-11-34-24)28-13-14-8-10-27-18-7-2-1-6-17(14)18/h1-12,28-29H,13,26H2,(H,30,33). The SMILES string of the molecule is Nc1c(Nc2cccc(NC(=O)c3sccc3NCc3ccnc4ccccc34)c2)c(=O)c1=O. The Kier molecular flexibility index (Phi) is 5.52. The molecule has 1 amide bonds. The van der Waals surface area contributed by atoms with Crippen molar-refractivity contribution >= 4 is 56.6 Å². The van der Waals surface area contributed by atoms with Crippen LogP contribution in [0.15, 0.2) is 81.8 Å². The van der Waals surface area contributed by atoms with Gasteiger partial charge in [-0.25, -0.2) is 0 Å². The van der Waals surface area contributed by atoms with E-state index in [0.29, 0.717) is 22.8 Å². The topological polar surface area (TPSA) is 126 Å². The van der Waals surface area contributed by atoms with Crippen LogP contribution in [0.3, 0.4) is 0 Å². The minimum absolute atomic E-state index is 0.0712. The maximum atomic E-state index is 13.0. The van der Waals surface area contributed by atoms with Crippen LogP contribution in [-0.4, -0.2) is 10.9 Å². The van der Waals surface area contributed by atoms with Crippen molar-refractivity contribution in [1.82, 2.24) is 4.98 Å². The lowest BCUT2D eigenvalue weighted by atomic mass is 10.1. The number of carbonyl (C=O) groups is 1. The van der Waals surface area contributed by atoms with Gasteiger partial charge < -0.3 is 21.7 Å². The third-order valence-corrected chi connectivity index (χ3v) is 6.33. The minimum Gasteiger partial charge on any atom is -0.394 e. The summed E-state index contributed by atoms with van der Waals surface area (Å²) in [6, 6.07) is 18.6. The van der Waals surface area contributed by atoms with Gasteiger partial charge in [0.15, 0.2) is 0 Å². The number of hydrogen-bond donors (Lipinski definition) is 4. The van der Waals surface area contributed by atoms with Gasteiger partial charge in [-0.15, -0.1) is 11.3 Å². The largest absolute Gasteiger partial charge is 0.394 e. The summed E-state index contributed by atoms with van der Waals surface area (Å²) < 4.78 is 0. The summed E-state index contributed by atoms with van der Waals surface area (Å²) in [5.74, 6) is -0.261. The van der Waals surface area contributed by atoms with Gasteiger partial charge in [-0.05, 0) is 47.3 Å². The van der Waals surface area contributed by atoms with Crippen molar-refractivity contribution in [2.75, 3.05) is 21.7 Å². The number of thiophene rings is 1. The second-order valence-electron chi connectivity index (χ2n) is 7.61. The number of fused-ring (bicyclic) bond motifs is 1. The smallest absolute Gasteiger partial charge is 0.267 e. The number of aromatic nitrogens is 1. The van der Waals surface area contributed by atoms with Crippen LogP contribution in [0, 0.1) is 0 Å². The Hall–Kier alpha value is -4.50. The van der Waals surface area contributed by atoms with Crippen LogP contribution in [0.5, 0.6) is 0 Å². The fourth-order valence-corrected chi connectivity index (χ4v) is 4.43. The van der Waals surface area contributed by atoms with E-state index in [1.54, 1.807) is 30.5 Å². The molecular weight excluding hydrogens is 450 g/mol. The number of anilines is 5. The van der Waals surface area contributed by atoms with Gasteiger partial charge in [0.05, 0.1) is 11.2 Å². The lowest BCUT2D eigenvalue weighted by Crippen LogP contribution is -2.36. The molecule has 34 heavy (non-hydrogen) atoms. The average molecular weight is 470 g/mol. The van der Waals surface area contributed by atoms with Crippen LogP contribution in [0.25, 0.3) is 10.9 Å². The van der Waals surface area contributed by atoms with E-state index < -0.39 is 10.9 Å². The van der Waals surface area contributed by atoms with Gasteiger partial charge in [0.25, 0.3) is 16.8 Å². The van der Waals surface area contributed by atoms with Gasteiger partial charge in [-0.1, -0.05) is 24.3 Å². The second-order valence-corrected chi connectivity index (χ2v) is 8.53. The fourth-order valence-electron chi connectivity index (χ4n) is 3.66. The lowest BCUT2D eigenvalue weighted by Gasteiger charge is -2.12. The predicted molar refractivity (Wildman–Crippen MR) is 137 cm³/mol. The Morgan fingerprint density at radius 1 is 0.971 bits per heavy atom. The molecule has 0 saturated carbocycles. The molecule has 0 aliphatic rings. The van der Waals surface area contributed by atoms with Gasteiger partial charge in [-0.3, -0.25) is 19.4 Å². The molecule has 0 radical (unpaired) electrons. The first-order valence-electron chi connectivity index (χ1n) is 10.4. The van der Waals surface area contributed by atoms with Gasteiger partial charge in [0.2, 0.25) is 0 Å². The van der Waals surface area contributed by atoms with E-state index in [1.807, 2.05) is 41.8 Å². The number of rotatable bonds is 7. The lowest BCUT2D eigenvalue weighted by molar-refractivity contribution is 0.103. The molecule has 0 atom stereocenters. The van der Waals surface area contributed by atoms with Crippen LogP contribution < -0.4 is 32.5 Å². The molecule has 0 aliphatic carbocycles. The molecule has 5 N–H and O–H groups in total. The highest BCUT2D eigenvalue weighted by molar-refractivity contribution is 7.12. The molecule has 0 bridgehead atoms. The third kappa shape index (κ3) is 4.00. The highest BCUT2D eigenvalue weighted by atomic mass is 32.1. The van der Waals surface area contributed by atoms with Crippen molar-refractivity contribution in [1.29, 1.82) is 0 Å². The van der Waals surface area contributed by atoms with E-state index in [1.165, 1.54) is 11.3 Å². The molecule has 5 aromatic rings. The number of pyridine rings is 1. The molecule has 0 saturated heterocycles. The Morgan fingerprint density at radius 2 is 1.79 bits per heavy atom. The zero-order chi connectivity index (χ0) is 23.7. The number of nitrogens with two attached hydrogens (primary N) is 1. The van der Waals surface area contributed by atoms with Crippen molar-refractivity contribution in [3.63, 3.8) is 0 Å². The molecule has 5 rings (SSSR count). The number of nitrogen functional groups attached to an aromatic ring is 1. The summed E-state index contributed by atoms with van der Waals surface area (Å²) in [6.07, 6.45) is 1.78. The second kappa shape index (κ2) is 8.80. The van der Waals surface area contributed by atoms with E-state index >= 15 is 0 Å². The number of nitrogens with one attached hydrogen (secondary N) is 3. The normalized spacial score (nSPS) is 10.9. The third-order valence-electron chi connectivity index (χ3n) is 5.42. The first kappa shape index (κ1) is 21.4. The van der Waals surface area contributed by atoms with E-state index in [2.05, 4.69) is 20.9 Å². The van der Waals surface area contributed by atoms with E-state index in [0.717, 1.165) is 22.2 Å². The molecule has 9 heteroatoms. The Labute approximate surface area is 197 Å². The van der Waals surface area contributed by atoms with Crippen LogP contribution in [0.1, 0.15) is 15.2 Å². The zero-order valence-electron chi connectivity index (χ0n) is 17.8. The van der Waals surface area contributed by atoms with Crippen molar-refractivity contribution in [3.05, 3.63) is 103 Å². The maximum Gasteiger partial charge on any atom is 0.267 e. The van der Waals surface area contributed by atoms with Crippen LogP contribution >= 0.6 is 11.3 Å². The Bertz CT molecular complexity index is 1600. The number of para-hydroxylation sites is 1. The summed E-state index contributed by atoms with van der Waals surface area (Å²) in [5.41, 5.74) is 8.02. The molecule has 0 aliphatic heterocycles. The molecule has 8 nitrogen and oxygen atoms in total. The summed E-state index contributed by atoms with van der Waals surface area (Å²) in [7, 11) is 0. The van der Waals surface area contributed by atoms with Crippen molar-refractivity contribution in [3.8, 4) is 0 Å². The molecular formula is C25H19N5O3S. The molecule has 2 aromatic heterocycles. The molecule has 0 spiro atoms. The summed E-state index contributed by atoms with van der Waals surface area (Å²) >= 11 is 1.34. The van der Waals surface area contributed by atoms with Crippen LogP contribution in [0.2, 0.25) is 0 Å². The fraction of sp³-hybridized carbons (Fsp3) is 0.0400. The van der Waals surface area contributed by atoms with Gasteiger partial charge in [0.1, 0.15) is 16.3 Å². The van der Waals surface area contributed by atoms with E-state index in [9.17, 15) is 14.4 Å². The highest BCUT2D eigenvalue weighted by Crippen LogP contribution is 2.27. The highest BCUT2D eigenvalue weighted by Gasteiger charge is 2.18. The average Bonchev–Trinajstić information content (AvgIpc) is 3.34. The molecule has 0 fully saturated rings.